The van der Waals surface area contributed by atoms with Gasteiger partial charge in [0.1, 0.15) is 0 Å². The highest BCUT2D eigenvalue weighted by atomic mass is 32.2. The molecule has 0 amide bonds. The number of hydrogen-bond acceptors (Lipinski definition) is 8. The molecule has 0 atom stereocenters. The molecule has 78 heavy (non-hydrogen) atoms. The van der Waals surface area contributed by atoms with Crippen molar-refractivity contribution >= 4 is 62.8 Å². The lowest BCUT2D eigenvalue weighted by Crippen LogP contribution is -2.34. The number of aryl methyl sites for hydroxylation is 4. The number of nitrogens with zero attached hydrogens (tertiary/aromatic N) is 4. The fraction of sp³-hybridized carbons (Fsp3) is 0.226. The van der Waals surface area contributed by atoms with E-state index < -0.39 is 40.1 Å². The van der Waals surface area contributed by atoms with Gasteiger partial charge in [-0.1, -0.05) is 119 Å². The fourth-order valence-electron chi connectivity index (χ4n) is 9.52. The first kappa shape index (κ1) is 55.5. The first-order chi connectivity index (χ1) is 37.3. The second-order valence-electron chi connectivity index (χ2n) is 20.0. The Kier molecular flexibility index (Phi) is 16.6. The van der Waals surface area contributed by atoms with Gasteiger partial charge in [-0.3, -0.25) is 17.2 Å². The van der Waals surface area contributed by atoms with E-state index in [1.54, 1.807) is 146 Å². The first-order valence-electron chi connectivity index (χ1n) is 26.0. The fourth-order valence-corrected chi connectivity index (χ4v) is 15.5. The summed E-state index contributed by atoms with van der Waals surface area (Å²) in [5, 5.41) is 0. The molecule has 7 aliphatic heterocycles. The zero-order valence-electron chi connectivity index (χ0n) is 44.2. The zero-order chi connectivity index (χ0) is 55.2. The van der Waals surface area contributed by atoms with E-state index >= 15 is 0 Å². The first-order valence-corrected chi connectivity index (χ1v) is 31.8. The van der Waals surface area contributed by atoms with Crippen LogP contribution < -0.4 is 17.2 Å². The molecule has 8 aromatic carbocycles. The summed E-state index contributed by atoms with van der Waals surface area (Å²) in [6, 6.07) is 56.1. The molecule has 0 N–H and O–H groups in total. The average Bonchev–Trinajstić information content (AvgIpc) is 3.43. The summed E-state index contributed by atoms with van der Waals surface area (Å²) in [4.78, 5) is 0.557. The van der Waals surface area contributed by atoms with E-state index in [1.165, 1.54) is 17.2 Å². The van der Waals surface area contributed by atoms with Crippen LogP contribution in [0.5, 0.6) is 0 Å². The van der Waals surface area contributed by atoms with E-state index in [2.05, 4.69) is 0 Å². The second-order valence-corrected chi connectivity index (χ2v) is 27.4. The van der Waals surface area contributed by atoms with Crippen LogP contribution in [0.1, 0.15) is 70.2 Å². The van der Waals surface area contributed by atoms with Gasteiger partial charge in [0.05, 0.1) is 42.3 Å². The Morgan fingerprint density at radius 2 is 0.410 bits per heavy atom. The molecule has 0 unspecified atom stereocenters. The van der Waals surface area contributed by atoms with Crippen LogP contribution in [0.15, 0.2) is 214 Å². The van der Waals surface area contributed by atoms with Crippen molar-refractivity contribution in [2.75, 3.05) is 43.4 Å². The quantitative estimate of drug-likeness (QED) is 0.146. The third kappa shape index (κ3) is 12.5. The molecule has 0 fully saturated rings. The molecule has 0 aromatic heterocycles. The standard InChI is InChI=1S/C62H64N4O8S4/c1-47-9-33-59(34-10-47)75(67,68)63-41-5-6-42-64(76(69,70)60-35-11-48(2)12-36-60)56-27-21-53(22-28-56)46-54-23-31-58(32-24-54)66(78(73,74)62-39-15-50(4)16-40-62)44-8-7-43-65(77(71,72)61-37-13-49(3)14-38-61)57-29-19-52(20-30-57)45-51-17-25-55(63)26-18-51/h9-40H,5-8,41-46H2,1-4H3. The van der Waals surface area contributed by atoms with Crippen molar-refractivity contribution in [3.05, 3.63) is 239 Å². The molecule has 12 nitrogen and oxygen atoms in total. The second kappa shape index (κ2) is 23.4. The van der Waals surface area contributed by atoms with Crippen LogP contribution >= 0.6 is 0 Å². The largest absolute Gasteiger partial charge is 0.266 e. The molecule has 0 aliphatic carbocycles. The summed E-state index contributed by atoms with van der Waals surface area (Å²) in [6.07, 6.45) is 2.24. The maximum atomic E-state index is 14.5. The Bertz CT molecular complexity index is 3300. The summed E-state index contributed by atoms with van der Waals surface area (Å²) >= 11 is 0. The highest BCUT2D eigenvalue weighted by Crippen LogP contribution is 2.32. The van der Waals surface area contributed by atoms with Crippen LogP contribution in [-0.2, 0) is 52.9 Å². The van der Waals surface area contributed by atoms with Crippen LogP contribution in [0.4, 0.5) is 22.7 Å². The van der Waals surface area contributed by atoms with Crippen molar-refractivity contribution in [1.29, 1.82) is 0 Å². The van der Waals surface area contributed by atoms with Crippen LogP contribution in [0.25, 0.3) is 0 Å². The summed E-state index contributed by atoms with van der Waals surface area (Å²) < 4.78 is 122. The predicted molar refractivity (Wildman–Crippen MR) is 313 cm³/mol. The molecule has 0 spiro atoms. The third-order valence-corrected chi connectivity index (χ3v) is 21.5. The summed E-state index contributed by atoms with van der Waals surface area (Å²) in [6.45, 7) is 7.87. The molecule has 0 saturated heterocycles. The molecule has 8 bridgehead atoms. The average molecular weight is 1120 g/mol. The maximum absolute atomic E-state index is 14.5. The summed E-state index contributed by atoms with van der Waals surface area (Å²) in [5.74, 6) is 0. The molecule has 404 valence electrons. The van der Waals surface area contributed by atoms with E-state index in [4.69, 9.17) is 0 Å². The molecule has 7 aliphatic rings. The Morgan fingerprint density at radius 3 is 0.577 bits per heavy atom. The molecule has 0 saturated carbocycles. The van der Waals surface area contributed by atoms with Gasteiger partial charge < -0.3 is 0 Å². The topological polar surface area (TPSA) is 150 Å². The van der Waals surface area contributed by atoms with Crippen molar-refractivity contribution in [1.82, 2.24) is 0 Å². The predicted octanol–water partition coefficient (Wildman–Crippen LogP) is 12.2. The van der Waals surface area contributed by atoms with Crippen LogP contribution in [0.2, 0.25) is 0 Å². The van der Waals surface area contributed by atoms with Gasteiger partial charge >= 0.3 is 0 Å². The van der Waals surface area contributed by atoms with Crippen molar-refractivity contribution in [3.8, 4) is 0 Å². The Hall–Kier alpha value is -7.24. The highest BCUT2D eigenvalue weighted by Gasteiger charge is 2.30. The molecule has 7 heterocycles. The molecule has 16 heteroatoms. The smallest absolute Gasteiger partial charge is 0.264 e. The maximum Gasteiger partial charge on any atom is 0.264 e. The molecule has 15 rings (SSSR count). The summed E-state index contributed by atoms with van der Waals surface area (Å²) in [7, 11) is -16.2. The van der Waals surface area contributed by atoms with Gasteiger partial charge in [0.2, 0.25) is 0 Å². The van der Waals surface area contributed by atoms with Gasteiger partial charge in [-0.25, -0.2) is 33.7 Å². The number of benzene rings is 8. The summed E-state index contributed by atoms with van der Waals surface area (Å²) in [5.41, 5.74) is 9.07. The van der Waals surface area contributed by atoms with Gasteiger partial charge in [-0.05, 0) is 186 Å². The lowest BCUT2D eigenvalue weighted by atomic mass is 10.0. The van der Waals surface area contributed by atoms with Crippen molar-refractivity contribution in [3.63, 3.8) is 0 Å². The monoisotopic (exact) mass is 1120 g/mol. The normalized spacial score (nSPS) is 14.7. The molecular formula is C62H64N4O8S4. The van der Waals surface area contributed by atoms with Crippen LogP contribution in [-0.4, -0.2) is 59.9 Å². The molecule has 8 aromatic rings. The lowest BCUT2D eigenvalue weighted by Gasteiger charge is -2.27. The van der Waals surface area contributed by atoms with Gasteiger partial charge in [0.15, 0.2) is 0 Å². The van der Waals surface area contributed by atoms with Crippen LogP contribution in [0, 0.1) is 27.7 Å². The van der Waals surface area contributed by atoms with Gasteiger partial charge in [-0.15, -0.1) is 0 Å². The van der Waals surface area contributed by atoms with Crippen LogP contribution in [0.3, 0.4) is 0 Å². The Morgan fingerprint density at radius 1 is 0.244 bits per heavy atom. The Balaban J connectivity index is 1.08. The number of rotatable bonds is 8. The van der Waals surface area contributed by atoms with Gasteiger partial charge in [0, 0.05) is 26.2 Å². The minimum atomic E-state index is -4.06. The van der Waals surface area contributed by atoms with Gasteiger partial charge in [-0.2, -0.15) is 0 Å². The number of anilines is 4. The molecular weight excluding hydrogens is 1060 g/mol. The number of sulfonamides is 4. The SMILES string of the molecule is Cc1ccc(S(=O)(=O)N2CCCCN(S(=O)(=O)c3ccc(C)cc3)c3ccc(cc3)Cc3ccc(cc3)N(S(=O)(=O)c3ccc(C)cc3)CCCCN(S(=O)(=O)c3ccc(C)cc3)c3ccc(cc3)Cc3ccc2cc3)cc1. The minimum absolute atomic E-state index is 0.0742. The van der Waals surface area contributed by atoms with E-state index in [0.29, 0.717) is 61.3 Å². The van der Waals surface area contributed by atoms with Crippen molar-refractivity contribution in [2.24, 2.45) is 0 Å². The zero-order valence-corrected chi connectivity index (χ0v) is 47.5. The van der Waals surface area contributed by atoms with E-state index in [9.17, 15) is 33.7 Å². The lowest BCUT2D eigenvalue weighted by molar-refractivity contribution is 0.582. The third-order valence-electron chi connectivity index (χ3n) is 14.1. The van der Waals surface area contributed by atoms with E-state index in [1.807, 2.05) is 76.2 Å². The van der Waals surface area contributed by atoms with E-state index in [0.717, 1.165) is 44.5 Å². The highest BCUT2D eigenvalue weighted by molar-refractivity contribution is 7.93. The van der Waals surface area contributed by atoms with E-state index in [-0.39, 0.29) is 45.8 Å². The number of hydrogen-bond donors (Lipinski definition) is 0. The Labute approximate surface area is 461 Å². The van der Waals surface area contributed by atoms with Gasteiger partial charge in [0.25, 0.3) is 40.1 Å². The minimum Gasteiger partial charge on any atom is -0.266 e. The van der Waals surface area contributed by atoms with Crippen molar-refractivity contribution < 1.29 is 33.7 Å². The van der Waals surface area contributed by atoms with Crippen molar-refractivity contribution in [2.45, 2.75) is 85.8 Å². The molecule has 0 radical (unpaired) electrons.